The smallest absolute Gasteiger partial charge is 0.0287 e. The van der Waals surface area contributed by atoms with Gasteiger partial charge < -0.3 is 0 Å². The van der Waals surface area contributed by atoms with Crippen molar-refractivity contribution in [1.29, 1.82) is 0 Å². The number of nitrogens with zero attached hydrogens (tertiary/aromatic N) is 1. The largest absolute Gasteiger partial charge is 0.256 e. The summed E-state index contributed by atoms with van der Waals surface area (Å²) in [5.74, 6) is 5.29. The van der Waals surface area contributed by atoms with Crippen LogP contribution in [0.25, 0.3) is 0 Å². The molecule has 0 aromatic carbocycles. The van der Waals surface area contributed by atoms with Crippen LogP contribution in [0.15, 0.2) is 23.8 Å². The van der Waals surface area contributed by atoms with Crippen molar-refractivity contribution in [3.63, 3.8) is 0 Å². The first kappa shape index (κ1) is 11.9. The van der Waals surface area contributed by atoms with E-state index in [-0.39, 0.29) is 24.8 Å². The third-order valence-corrected chi connectivity index (χ3v) is 1.25. The zero-order valence-corrected chi connectivity index (χ0v) is 7.01. The lowest BCUT2D eigenvalue weighted by Gasteiger charge is -2.09. The van der Waals surface area contributed by atoms with Gasteiger partial charge in [-0.2, -0.15) is 0 Å². The minimum atomic E-state index is 0. The minimum Gasteiger partial charge on any atom is -0.256 e. The molecule has 9 heavy (non-hydrogen) atoms. The molecule has 5 heteroatoms. The Bertz CT molecular complexity index is 115. The van der Waals surface area contributed by atoms with Crippen molar-refractivity contribution in [1.82, 2.24) is 4.41 Å². The van der Waals surface area contributed by atoms with E-state index in [9.17, 15) is 0 Å². The fraction of sp³-hybridized carbons (Fsp3) is 0. The summed E-state index contributed by atoms with van der Waals surface area (Å²) >= 11 is 1.46. The first-order valence-corrected chi connectivity index (χ1v) is 2.77. The van der Waals surface area contributed by atoms with E-state index >= 15 is 0 Å². The molecule has 1 heterocycles. The van der Waals surface area contributed by atoms with E-state index < -0.39 is 0 Å². The Morgan fingerprint density at radius 2 is 1.89 bits per heavy atom. The number of rotatable bonds is 0. The van der Waals surface area contributed by atoms with Crippen LogP contribution in [0.4, 0.5) is 0 Å². The number of allylic oxidation sites excluding steroid dienone is 2. The Balaban J connectivity index is 0. The normalized spacial score (nSPS) is 14.1. The van der Waals surface area contributed by atoms with Gasteiger partial charge in [0, 0.05) is 6.20 Å². The number of hydrazine groups is 1. The average Bonchev–Trinajstić information content (AvgIpc) is 1.69. The lowest BCUT2D eigenvalue weighted by molar-refractivity contribution is 0.674. The van der Waals surface area contributed by atoms with Gasteiger partial charge in [-0.15, -0.1) is 24.8 Å². The molecule has 2 nitrogen and oxygen atoms in total. The third kappa shape index (κ3) is 4.66. The molecule has 0 aliphatic carbocycles. The molecule has 0 saturated heterocycles. The minimum absolute atomic E-state index is 0. The molecule has 1 aliphatic heterocycles. The molecular formula is C4H8Cl2N2S. The highest BCUT2D eigenvalue weighted by atomic mass is 35.5. The molecule has 0 spiro atoms. The van der Waals surface area contributed by atoms with E-state index in [1.807, 2.05) is 17.6 Å². The Morgan fingerprint density at radius 1 is 1.22 bits per heavy atom. The van der Waals surface area contributed by atoms with E-state index in [2.05, 4.69) is 0 Å². The summed E-state index contributed by atoms with van der Waals surface area (Å²) in [6.45, 7) is 0. The molecule has 0 aromatic heterocycles. The highest BCUT2D eigenvalue weighted by molar-refractivity contribution is 7.99. The molecular weight excluding hydrogens is 179 g/mol. The molecule has 1 rings (SSSR count). The van der Waals surface area contributed by atoms with Crippen LogP contribution in [0.3, 0.4) is 0 Å². The predicted octanol–water partition coefficient (Wildman–Crippen LogP) is 1.69. The van der Waals surface area contributed by atoms with Crippen LogP contribution in [0, 0.1) is 0 Å². The molecule has 0 saturated carbocycles. The Labute approximate surface area is 71.1 Å². The maximum atomic E-state index is 5.29. The summed E-state index contributed by atoms with van der Waals surface area (Å²) in [4.78, 5) is 0. The van der Waals surface area contributed by atoms with Crippen LogP contribution in [0.5, 0.6) is 0 Å². The zero-order chi connectivity index (χ0) is 5.11. The van der Waals surface area contributed by atoms with Gasteiger partial charge in [0.2, 0.25) is 0 Å². The van der Waals surface area contributed by atoms with Gasteiger partial charge in [-0.3, -0.25) is 4.41 Å². The van der Waals surface area contributed by atoms with Crippen molar-refractivity contribution in [2.75, 3.05) is 0 Å². The number of halogens is 2. The molecule has 0 amide bonds. The van der Waals surface area contributed by atoms with Crippen LogP contribution >= 0.6 is 36.8 Å². The summed E-state index contributed by atoms with van der Waals surface area (Å²) in [5, 5.41) is 1.92. The van der Waals surface area contributed by atoms with E-state index in [0.29, 0.717) is 0 Å². The van der Waals surface area contributed by atoms with Crippen LogP contribution in [0.1, 0.15) is 0 Å². The highest BCUT2D eigenvalue weighted by Crippen LogP contribution is 2.09. The predicted molar refractivity (Wildman–Crippen MR) is 46.4 cm³/mol. The average molecular weight is 187 g/mol. The van der Waals surface area contributed by atoms with Gasteiger partial charge in [-0.05, 0) is 23.4 Å². The maximum absolute atomic E-state index is 5.29. The molecule has 2 N–H and O–H groups in total. The molecule has 54 valence electrons. The van der Waals surface area contributed by atoms with Crippen LogP contribution in [0.2, 0.25) is 0 Å². The molecule has 0 radical (unpaired) electrons. The van der Waals surface area contributed by atoms with Gasteiger partial charge in [-0.25, -0.2) is 5.84 Å². The van der Waals surface area contributed by atoms with Crippen molar-refractivity contribution in [3.05, 3.63) is 23.8 Å². The molecule has 1 aliphatic rings. The summed E-state index contributed by atoms with van der Waals surface area (Å²) in [7, 11) is 0. The number of hydrogen-bond donors (Lipinski definition) is 1. The van der Waals surface area contributed by atoms with Gasteiger partial charge in [0.15, 0.2) is 0 Å². The fourth-order valence-electron chi connectivity index (χ4n) is 0.320. The van der Waals surface area contributed by atoms with Gasteiger partial charge in [0.1, 0.15) is 0 Å². The first-order valence-electron chi connectivity index (χ1n) is 1.93. The SMILES string of the molecule is Cl.Cl.NN1C=CC=CS1. The van der Waals surface area contributed by atoms with E-state index in [1.54, 1.807) is 10.6 Å². The van der Waals surface area contributed by atoms with Crippen LogP contribution in [-0.4, -0.2) is 4.41 Å². The number of nitrogens with two attached hydrogens (primary N) is 1. The summed E-state index contributed by atoms with van der Waals surface area (Å²) in [5.41, 5.74) is 0. The van der Waals surface area contributed by atoms with Crippen LogP contribution < -0.4 is 5.84 Å². The number of hydrogen-bond acceptors (Lipinski definition) is 3. The van der Waals surface area contributed by atoms with Crippen molar-refractivity contribution in [3.8, 4) is 0 Å². The van der Waals surface area contributed by atoms with Crippen molar-refractivity contribution >= 4 is 36.8 Å². The molecule has 0 bridgehead atoms. The van der Waals surface area contributed by atoms with E-state index in [0.717, 1.165) is 0 Å². The van der Waals surface area contributed by atoms with Gasteiger partial charge in [0.05, 0.1) is 0 Å². The fourth-order valence-corrected chi connectivity index (χ4v) is 0.763. The molecule has 0 fully saturated rings. The Hall–Kier alpha value is 0.170. The van der Waals surface area contributed by atoms with E-state index in [4.69, 9.17) is 5.84 Å². The summed E-state index contributed by atoms with van der Waals surface area (Å²) < 4.78 is 1.54. The molecule has 0 atom stereocenters. The maximum Gasteiger partial charge on any atom is 0.0287 e. The Kier molecular flexibility index (Phi) is 8.32. The quantitative estimate of drug-likeness (QED) is 0.462. The van der Waals surface area contributed by atoms with E-state index in [1.165, 1.54) is 11.9 Å². The van der Waals surface area contributed by atoms with Crippen LogP contribution in [-0.2, 0) is 0 Å². The second-order valence-corrected chi connectivity index (χ2v) is 2.04. The van der Waals surface area contributed by atoms with Gasteiger partial charge >= 0.3 is 0 Å². The van der Waals surface area contributed by atoms with Gasteiger partial charge in [-0.1, -0.05) is 6.08 Å². The standard InChI is InChI=1S/C4H6N2S.2ClH/c5-6-3-1-2-4-7-6;;/h1-4H,5H2;2*1H. The lowest BCUT2D eigenvalue weighted by atomic mass is 10.6. The third-order valence-electron chi connectivity index (χ3n) is 0.605. The van der Waals surface area contributed by atoms with Crippen molar-refractivity contribution in [2.45, 2.75) is 0 Å². The molecule has 0 aromatic rings. The molecule has 0 unspecified atom stereocenters. The highest BCUT2D eigenvalue weighted by Gasteiger charge is 1.88. The monoisotopic (exact) mass is 186 g/mol. The lowest BCUT2D eigenvalue weighted by Crippen LogP contribution is -2.15. The zero-order valence-electron chi connectivity index (χ0n) is 4.56. The topological polar surface area (TPSA) is 29.3 Å². The second-order valence-electron chi connectivity index (χ2n) is 1.14. The van der Waals surface area contributed by atoms with Gasteiger partial charge in [0.25, 0.3) is 0 Å². The Morgan fingerprint density at radius 3 is 2.11 bits per heavy atom. The summed E-state index contributed by atoms with van der Waals surface area (Å²) in [6.07, 6.45) is 5.62. The first-order chi connectivity index (χ1) is 3.39. The van der Waals surface area contributed by atoms with Crippen molar-refractivity contribution in [2.24, 2.45) is 5.84 Å². The van der Waals surface area contributed by atoms with Crippen molar-refractivity contribution < 1.29 is 0 Å². The second kappa shape index (κ2) is 6.29. The summed E-state index contributed by atoms with van der Waals surface area (Å²) in [6, 6.07) is 0.